The number of nitrogen functional groups attached to an aromatic ring is 1. The van der Waals surface area contributed by atoms with Crippen molar-refractivity contribution in [2.45, 2.75) is 58.3 Å². The van der Waals surface area contributed by atoms with Gasteiger partial charge in [0.25, 0.3) is 0 Å². The fourth-order valence-corrected chi connectivity index (χ4v) is 2.89. The van der Waals surface area contributed by atoms with Crippen LogP contribution in [0.15, 0.2) is 0 Å². The number of hydrogen-bond acceptors (Lipinski definition) is 2. The number of H-pyrrole nitrogens is 1. The van der Waals surface area contributed by atoms with Crippen LogP contribution >= 0.6 is 0 Å². The van der Waals surface area contributed by atoms with E-state index >= 15 is 0 Å². The van der Waals surface area contributed by atoms with Crippen molar-refractivity contribution < 1.29 is 0 Å². The second-order valence-electron chi connectivity index (χ2n) is 5.34. The molecule has 0 atom stereocenters. The molecule has 1 saturated carbocycles. The molecule has 0 aliphatic heterocycles. The summed E-state index contributed by atoms with van der Waals surface area (Å²) in [7, 11) is 0. The second kappa shape index (κ2) is 4.89. The van der Waals surface area contributed by atoms with Crippen molar-refractivity contribution in [2.75, 3.05) is 5.73 Å². The molecule has 1 heterocycles. The smallest absolute Gasteiger partial charge is 0.148 e. The van der Waals surface area contributed by atoms with Gasteiger partial charge in [0.2, 0.25) is 0 Å². The molecule has 1 aromatic rings. The molecule has 90 valence electrons. The van der Waals surface area contributed by atoms with E-state index in [-0.39, 0.29) is 0 Å². The van der Waals surface area contributed by atoms with Crippen LogP contribution < -0.4 is 5.73 Å². The Labute approximate surface area is 97.8 Å². The average molecular weight is 221 g/mol. The quantitative estimate of drug-likeness (QED) is 0.820. The molecule has 0 saturated heterocycles. The van der Waals surface area contributed by atoms with E-state index in [1.165, 1.54) is 43.4 Å². The molecule has 1 aliphatic rings. The largest absolute Gasteiger partial charge is 0.382 e. The Kier molecular flexibility index (Phi) is 3.52. The lowest BCUT2D eigenvalue weighted by atomic mass is 9.96. The Bertz CT molecular complexity index is 335. The topological polar surface area (TPSA) is 54.7 Å². The first-order chi connectivity index (χ1) is 7.68. The van der Waals surface area contributed by atoms with Gasteiger partial charge in [-0.25, -0.2) is 0 Å². The van der Waals surface area contributed by atoms with E-state index in [0.29, 0.717) is 11.7 Å². The summed E-state index contributed by atoms with van der Waals surface area (Å²) in [6, 6.07) is 0. The zero-order chi connectivity index (χ0) is 11.5. The third-order valence-electron chi connectivity index (χ3n) is 3.77. The highest BCUT2D eigenvalue weighted by Crippen LogP contribution is 2.30. The van der Waals surface area contributed by atoms with E-state index in [1.54, 1.807) is 0 Å². The molecule has 3 heteroatoms. The van der Waals surface area contributed by atoms with Crippen molar-refractivity contribution >= 4 is 5.82 Å². The van der Waals surface area contributed by atoms with E-state index in [0.717, 1.165) is 12.3 Å². The van der Waals surface area contributed by atoms with Crippen molar-refractivity contribution in [1.82, 2.24) is 10.2 Å². The van der Waals surface area contributed by atoms with Gasteiger partial charge < -0.3 is 5.73 Å². The summed E-state index contributed by atoms with van der Waals surface area (Å²) in [4.78, 5) is 0. The number of rotatable bonds is 4. The zero-order valence-corrected chi connectivity index (χ0v) is 10.4. The SMILES string of the molecule is CC(C)c1c(N)n[nH]c1CCC1CCCC1. The Hall–Kier alpha value is -0.990. The van der Waals surface area contributed by atoms with Crippen LogP contribution in [0, 0.1) is 5.92 Å². The van der Waals surface area contributed by atoms with Crippen LogP contribution in [-0.4, -0.2) is 10.2 Å². The van der Waals surface area contributed by atoms with Crippen LogP contribution in [0.25, 0.3) is 0 Å². The molecule has 1 fully saturated rings. The van der Waals surface area contributed by atoms with Crippen molar-refractivity contribution in [1.29, 1.82) is 0 Å². The van der Waals surface area contributed by atoms with Crippen molar-refractivity contribution in [3.8, 4) is 0 Å². The predicted molar refractivity (Wildman–Crippen MR) is 67.4 cm³/mol. The predicted octanol–water partition coefficient (Wildman–Crippen LogP) is 3.24. The van der Waals surface area contributed by atoms with Gasteiger partial charge >= 0.3 is 0 Å². The van der Waals surface area contributed by atoms with E-state index in [2.05, 4.69) is 24.0 Å². The van der Waals surface area contributed by atoms with E-state index < -0.39 is 0 Å². The molecule has 0 amide bonds. The summed E-state index contributed by atoms with van der Waals surface area (Å²) in [6.07, 6.45) is 8.09. The first kappa shape index (κ1) is 11.5. The lowest BCUT2D eigenvalue weighted by Gasteiger charge is -2.10. The van der Waals surface area contributed by atoms with Crippen LogP contribution in [0.2, 0.25) is 0 Å². The van der Waals surface area contributed by atoms with Gasteiger partial charge in [-0.05, 0) is 24.7 Å². The van der Waals surface area contributed by atoms with E-state index in [1.807, 2.05) is 0 Å². The molecule has 0 aromatic carbocycles. The minimum absolute atomic E-state index is 0.470. The third kappa shape index (κ3) is 2.39. The van der Waals surface area contributed by atoms with Crippen LogP contribution in [-0.2, 0) is 6.42 Å². The Morgan fingerprint density at radius 1 is 1.38 bits per heavy atom. The van der Waals surface area contributed by atoms with Crippen molar-refractivity contribution in [3.05, 3.63) is 11.3 Å². The van der Waals surface area contributed by atoms with E-state index in [9.17, 15) is 0 Å². The lowest BCUT2D eigenvalue weighted by molar-refractivity contribution is 0.499. The fourth-order valence-electron chi connectivity index (χ4n) is 2.89. The third-order valence-corrected chi connectivity index (χ3v) is 3.77. The van der Waals surface area contributed by atoms with Gasteiger partial charge in [-0.1, -0.05) is 39.5 Å². The number of aryl methyl sites for hydroxylation is 1. The molecule has 0 unspecified atom stereocenters. The summed E-state index contributed by atoms with van der Waals surface area (Å²) in [5.41, 5.74) is 8.38. The number of nitrogens with one attached hydrogen (secondary N) is 1. The monoisotopic (exact) mass is 221 g/mol. The Morgan fingerprint density at radius 3 is 2.69 bits per heavy atom. The highest BCUT2D eigenvalue weighted by molar-refractivity contribution is 5.44. The van der Waals surface area contributed by atoms with Crippen molar-refractivity contribution in [2.24, 2.45) is 5.92 Å². The maximum absolute atomic E-state index is 5.88. The standard InChI is InChI=1S/C13H23N3/c1-9(2)12-11(15-16-13(12)14)8-7-10-5-3-4-6-10/h9-10H,3-8H2,1-2H3,(H3,14,15,16). The summed E-state index contributed by atoms with van der Waals surface area (Å²) in [5, 5.41) is 7.24. The Balaban J connectivity index is 1.97. The molecule has 0 spiro atoms. The highest BCUT2D eigenvalue weighted by atomic mass is 15.2. The number of nitrogens with two attached hydrogens (primary N) is 1. The number of anilines is 1. The van der Waals surface area contributed by atoms with Gasteiger partial charge in [-0.3, -0.25) is 5.10 Å². The number of aromatic nitrogens is 2. The van der Waals surface area contributed by atoms with Gasteiger partial charge in [0.15, 0.2) is 0 Å². The van der Waals surface area contributed by atoms with Crippen LogP contribution in [0.4, 0.5) is 5.82 Å². The van der Waals surface area contributed by atoms with Gasteiger partial charge in [-0.15, -0.1) is 0 Å². The molecule has 1 aromatic heterocycles. The Morgan fingerprint density at radius 2 is 2.06 bits per heavy atom. The van der Waals surface area contributed by atoms with Crippen LogP contribution in [0.5, 0.6) is 0 Å². The van der Waals surface area contributed by atoms with Gasteiger partial charge in [0, 0.05) is 11.3 Å². The van der Waals surface area contributed by atoms with Crippen molar-refractivity contribution in [3.63, 3.8) is 0 Å². The molecule has 0 radical (unpaired) electrons. The molecule has 1 aliphatic carbocycles. The minimum Gasteiger partial charge on any atom is -0.382 e. The molecule has 3 nitrogen and oxygen atoms in total. The molecular weight excluding hydrogens is 198 g/mol. The summed E-state index contributed by atoms with van der Waals surface area (Å²) in [6.45, 7) is 4.36. The van der Waals surface area contributed by atoms with Gasteiger partial charge in [0.05, 0.1) is 0 Å². The maximum atomic E-state index is 5.88. The fraction of sp³-hybridized carbons (Fsp3) is 0.769. The molecule has 3 N–H and O–H groups in total. The van der Waals surface area contributed by atoms with Gasteiger partial charge in [-0.2, -0.15) is 5.10 Å². The molecular formula is C13H23N3. The first-order valence-corrected chi connectivity index (χ1v) is 6.51. The maximum Gasteiger partial charge on any atom is 0.148 e. The summed E-state index contributed by atoms with van der Waals surface area (Å²) >= 11 is 0. The lowest BCUT2D eigenvalue weighted by Crippen LogP contribution is -2.01. The van der Waals surface area contributed by atoms with Crippen LogP contribution in [0.1, 0.15) is 63.1 Å². The second-order valence-corrected chi connectivity index (χ2v) is 5.34. The summed E-state index contributed by atoms with van der Waals surface area (Å²) < 4.78 is 0. The average Bonchev–Trinajstić information content (AvgIpc) is 2.83. The van der Waals surface area contributed by atoms with Crippen LogP contribution in [0.3, 0.4) is 0 Å². The molecule has 0 bridgehead atoms. The van der Waals surface area contributed by atoms with E-state index in [4.69, 9.17) is 5.73 Å². The number of nitrogens with zero attached hydrogens (tertiary/aromatic N) is 1. The van der Waals surface area contributed by atoms with Gasteiger partial charge in [0.1, 0.15) is 5.82 Å². The first-order valence-electron chi connectivity index (χ1n) is 6.51. The normalized spacial score (nSPS) is 17.4. The number of aromatic amines is 1. The minimum atomic E-state index is 0.470. The number of hydrogen-bond donors (Lipinski definition) is 2. The zero-order valence-electron chi connectivity index (χ0n) is 10.4. The summed E-state index contributed by atoms with van der Waals surface area (Å²) in [5.74, 6) is 2.10. The highest BCUT2D eigenvalue weighted by Gasteiger charge is 2.18. The molecule has 2 rings (SSSR count). The molecule has 16 heavy (non-hydrogen) atoms.